The molecule has 0 aliphatic carbocycles. The van der Waals surface area contributed by atoms with E-state index < -0.39 is 11.7 Å². The van der Waals surface area contributed by atoms with Gasteiger partial charge >= 0.3 is 6.09 Å². The Balaban J connectivity index is 2.52. The van der Waals surface area contributed by atoms with E-state index in [4.69, 9.17) is 22.1 Å². The van der Waals surface area contributed by atoms with Crippen molar-refractivity contribution in [2.24, 2.45) is 0 Å². The van der Waals surface area contributed by atoms with Crippen LogP contribution in [0.5, 0.6) is 0 Å². The molecule has 1 heterocycles. The van der Waals surface area contributed by atoms with Crippen LogP contribution in [0.1, 0.15) is 26.3 Å². The number of rotatable bonds is 1. The maximum absolute atomic E-state index is 11.3. The summed E-state index contributed by atoms with van der Waals surface area (Å²) in [6.07, 6.45) is 0.936. The zero-order valence-electron chi connectivity index (χ0n) is 11.1. The van der Waals surface area contributed by atoms with Gasteiger partial charge in [0.2, 0.25) is 0 Å². The van der Waals surface area contributed by atoms with Crippen molar-refractivity contribution in [1.29, 1.82) is 0 Å². The van der Waals surface area contributed by atoms with Gasteiger partial charge in [-0.3, -0.25) is 0 Å². The number of nitrogen functional groups attached to an aromatic ring is 1. The highest BCUT2D eigenvalue weighted by atomic mass is 35.5. The number of pyridine rings is 1. The van der Waals surface area contributed by atoms with Crippen LogP contribution in [0.3, 0.4) is 0 Å². The van der Waals surface area contributed by atoms with Crippen LogP contribution < -0.4 is 11.1 Å². The van der Waals surface area contributed by atoms with E-state index in [0.717, 1.165) is 0 Å². The molecule has 0 aliphatic heterocycles. The van der Waals surface area contributed by atoms with Crippen molar-refractivity contribution in [3.05, 3.63) is 23.0 Å². The first-order valence-electron chi connectivity index (χ1n) is 5.64. The largest absolute Gasteiger partial charge is 0.444 e. The van der Waals surface area contributed by atoms with Crippen molar-refractivity contribution in [3.8, 4) is 11.8 Å². The van der Waals surface area contributed by atoms with Gasteiger partial charge in [-0.05, 0) is 26.8 Å². The third-order valence-corrected chi connectivity index (χ3v) is 2.10. The van der Waals surface area contributed by atoms with Crippen LogP contribution in [0.25, 0.3) is 0 Å². The van der Waals surface area contributed by atoms with Gasteiger partial charge in [0.15, 0.2) is 0 Å². The van der Waals surface area contributed by atoms with Crippen LogP contribution in [0, 0.1) is 11.8 Å². The molecule has 0 aromatic carbocycles. The summed E-state index contributed by atoms with van der Waals surface area (Å²) in [6.45, 7) is 5.52. The number of halogens is 1. The molecule has 3 N–H and O–H groups in total. The molecule has 1 aromatic heterocycles. The number of amides is 1. The Kier molecular flexibility index (Phi) is 5.02. The van der Waals surface area contributed by atoms with Crippen LogP contribution in [0.4, 0.5) is 10.5 Å². The number of aromatic nitrogens is 1. The fourth-order valence-electron chi connectivity index (χ4n) is 1.12. The molecule has 0 unspecified atom stereocenters. The van der Waals surface area contributed by atoms with Gasteiger partial charge < -0.3 is 15.8 Å². The summed E-state index contributed by atoms with van der Waals surface area (Å²) in [5.74, 6) is 5.52. The van der Waals surface area contributed by atoms with Crippen molar-refractivity contribution in [1.82, 2.24) is 10.3 Å². The molecule has 1 aromatic rings. The fourth-order valence-corrected chi connectivity index (χ4v) is 1.27. The van der Waals surface area contributed by atoms with Crippen molar-refractivity contribution in [3.63, 3.8) is 0 Å². The topological polar surface area (TPSA) is 77.2 Å². The SMILES string of the molecule is CC(C)(C)OC(=O)NCC#Cc1cc(N)cnc1Cl. The first kappa shape index (κ1) is 15.1. The molecule has 0 saturated carbocycles. The standard InChI is InChI=1S/C13H16ClN3O2/c1-13(2,3)19-12(18)16-6-4-5-9-7-10(15)8-17-11(9)14/h7-8H,6,15H2,1-3H3,(H,16,18). The second-order valence-electron chi connectivity index (χ2n) is 4.76. The number of nitrogens with one attached hydrogen (secondary N) is 1. The Morgan fingerprint density at radius 1 is 1.58 bits per heavy atom. The monoisotopic (exact) mass is 281 g/mol. The van der Waals surface area contributed by atoms with E-state index in [9.17, 15) is 4.79 Å². The lowest BCUT2D eigenvalue weighted by molar-refractivity contribution is 0.0535. The van der Waals surface area contributed by atoms with E-state index >= 15 is 0 Å². The molecule has 19 heavy (non-hydrogen) atoms. The van der Waals surface area contributed by atoms with Crippen molar-refractivity contribution in [2.45, 2.75) is 26.4 Å². The first-order chi connectivity index (χ1) is 8.78. The van der Waals surface area contributed by atoms with E-state index in [1.54, 1.807) is 26.8 Å². The van der Waals surface area contributed by atoms with Crippen LogP contribution in [0.15, 0.2) is 12.3 Å². The molecule has 0 fully saturated rings. The minimum Gasteiger partial charge on any atom is -0.444 e. The Hall–Kier alpha value is -1.93. The number of ether oxygens (including phenoxy) is 1. The lowest BCUT2D eigenvalue weighted by Crippen LogP contribution is -2.32. The third-order valence-electron chi connectivity index (χ3n) is 1.80. The van der Waals surface area contributed by atoms with E-state index in [1.165, 1.54) is 6.20 Å². The summed E-state index contributed by atoms with van der Waals surface area (Å²) in [4.78, 5) is 15.2. The number of nitrogens with two attached hydrogens (primary N) is 1. The molecule has 0 radical (unpaired) electrons. The molecular weight excluding hydrogens is 266 g/mol. The van der Waals surface area contributed by atoms with E-state index in [2.05, 4.69) is 22.1 Å². The molecule has 6 heteroatoms. The van der Waals surface area contributed by atoms with E-state index in [1.807, 2.05) is 0 Å². The van der Waals surface area contributed by atoms with Crippen LogP contribution in [-0.4, -0.2) is 23.2 Å². The van der Waals surface area contributed by atoms with Crippen molar-refractivity contribution in [2.75, 3.05) is 12.3 Å². The third kappa shape index (κ3) is 5.98. The smallest absolute Gasteiger partial charge is 0.408 e. The lowest BCUT2D eigenvalue weighted by atomic mass is 10.2. The second-order valence-corrected chi connectivity index (χ2v) is 5.12. The lowest BCUT2D eigenvalue weighted by Gasteiger charge is -2.18. The Morgan fingerprint density at radius 3 is 2.89 bits per heavy atom. The normalized spacial score (nSPS) is 10.3. The maximum atomic E-state index is 11.3. The van der Waals surface area contributed by atoms with Gasteiger partial charge in [-0.1, -0.05) is 23.4 Å². The van der Waals surface area contributed by atoms with Gasteiger partial charge in [0.05, 0.1) is 24.0 Å². The molecule has 0 spiro atoms. The number of anilines is 1. The second kappa shape index (κ2) is 6.30. The number of nitrogens with zero attached hydrogens (tertiary/aromatic N) is 1. The van der Waals surface area contributed by atoms with Crippen LogP contribution in [0.2, 0.25) is 5.15 Å². The van der Waals surface area contributed by atoms with Crippen molar-refractivity contribution < 1.29 is 9.53 Å². The highest BCUT2D eigenvalue weighted by molar-refractivity contribution is 6.30. The van der Waals surface area contributed by atoms with Gasteiger partial charge in [0.1, 0.15) is 10.8 Å². The Morgan fingerprint density at radius 2 is 2.26 bits per heavy atom. The minimum atomic E-state index is -0.529. The highest BCUT2D eigenvalue weighted by Crippen LogP contribution is 2.13. The average molecular weight is 282 g/mol. The zero-order valence-corrected chi connectivity index (χ0v) is 11.8. The summed E-state index contributed by atoms with van der Waals surface area (Å²) in [5.41, 5.74) is 6.04. The quantitative estimate of drug-likeness (QED) is 0.611. The van der Waals surface area contributed by atoms with E-state index in [-0.39, 0.29) is 11.7 Å². The summed E-state index contributed by atoms with van der Waals surface area (Å²) < 4.78 is 5.06. The molecule has 0 saturated heterocycles. The summed E-state index contributed by atoms with van der Waals surface area (Å²) in [6, 6.07) is 1.62. The molecule has 0 bridgehead atoms. The first-order valence-corrected chi connectivity index (χ1v) is 6.02. The molecule has 1 rings (SSSR count). The Bertz CT molecular complexity index is 527. The summed E-state index contributed by atoms with van der Waals surface area (Å²) >= 11 is 5.84. The molecule has 0 aliphatic rings. The minimum absolute atomic E-state index is 0.153. The number of carbonyl (C=O) groups is 1. The molecule has 5 nitrogen and oxygen atoms in total. The summed E-state index contributed by atoms with van der Waals surface area (Å²) in [7, 11) is 0. The predicted molar refractivity (Wildman–Crippen MR) is 74.8 cm³/mol. The Labute approximate surface area is 117 Å². The van der Waals surface area contributed by atoms with Gasteiger partial charge in [-0.25, -0.2) is 9.78 Å². The van der Waals surface area contributed by atoms with Gasteiger partial charge in [-0.2, -0.15) is 0 Å². The van der Waals surface area contributed by atoms with Crippen LogP contribution in [-0.2, 0) is 4.74 Å². The predicted octanol–water partition coefficient (Wildman–Crippen LogP) is 2.19. The maximum Gasteiger partial charge on any atom is 0.408 e. The number of hydrogen-bond donors (Lipinski definition) is 2. The molecular formula is C13H16ClN3O2. The number of carbonyl (C=O) groups excluding carboxylic acids is 1. The summed E-state index contributed by atoms with van der Waals surface area (Å²) in [5, 5.41) is 2.79. The number of alkyl carbamates (subject to hydrolysis) is 1. The molecule has 102 valence electrons. The molecule has 0 atom stereocenters. The fraction of sp³-hybridized carbons (Fsp3) is 0.385. The van der Waals surface area contributed by atoms with Crippen molar-refractivity contribution >= 4 is 23.4 Å². The van der Waals surface area contributed by atoms with Gasteiger partial charge in [-0.15, -0.1) is 0 Å². The van der Waals surface area contributed by atoms with Crippen LogP contribution >= 0.6 is 11.6 Å². The average Bonchev–Trinajstić information content (AvgIpc) is 2.26. The zero-order chi connectivity index (χ0) is 14.5. The van der Waals surface area contributed by atoms with E-state index in [0.29, 0.717) is 11.3 Å². The molecule has 1 amide bonds. The number of hydrogen-bond acceptors (Lipinski definition) is 4. The van der Waals surface area contributed by atoms with Gasteiger partial charge in [0.25, 0.3) is 0 Å². The highest BCUT2D eigenvalue weighted by Gasteiger charge is 2.14. The van der Waals surface area contributed by atoms with Gasteiger partial charge in [0, 0.05) is 0 Å².